The molecule has 0 aliphatic rings. The molecular formula is C10H10Cl2N4. The smallest absolute Gasteiger partial charge is 0.227 e. The summed E-state index contributed by atoms with van der Waals surface area (Å²) in [7, 11) is 1.96. The first-order chi connectivity index (χ1) is 7.61. The zero-order chi connectivity index (χ0) is 11.7. The Kier molecular flexibility index (Phi) is 3.12. The van der Waals surface area contributed by atoms with Gasteiger partial charge in [-0.3, -0.25) is 0 Å². The molecular weight excluding hydrogens is 247 g/mol. The van der Waals surface area contributed by atoms with Crippen LogP contribution in [0.1, 0.15) is 12.6 Å². The van der Waals surface area contributed by atoms with Crippen molar-refractivity contribution in [2.75, 3.05) is 0 Å². The molecule has 2 rings (SSSR count). The average molecular weight is 257 g/mol. The third kappa shape index (κ3) is 2.03. The van der Waals surface area contributed by atoms with Gasteiger partial charge in [-0.25, -0.2) is 0 Å². The maximum absolute atomic E-state index is 5.74. The van der Waals surface area contributed by atoms with Gasteiger partial charge in [-0.1, -0.05) is 6.92 Å². The standard InChI is InChI=1S/C10H10Cl2N4/c1-3-6-4-5-7(16(6)2)8-13-9(11)15-10(12)14-8/h4-5H,3H2,1-2H3. The highest BCUT2D eigenvalue weighted by molar-refractivity contribution is 6.31. The molecule has 84 valence electrons. The predicted molar refractivity (Wildman–Crippen MR) is 63.6 cm³/mol. The molecule has 0 bridgehead atoms. The Morgan fingerprint density at radius 1 is 1.12 bits per heavy atom. The van der Waals surface area contributed by atoms with Crippen LogP contribution in [-0.2, 0) is 13.5 Å². The van der Waals surface area contributed by atoms with Crippen LogP contribution in [-0.4, -0.2) is 19.5 Å². The first kappa shape index (κ1) is 11.4. The van der Waals surface area contributed by atoms with Gasteiger partial charge in [0.1, 0.15) is 0 Å². The van der Waals surface area contributed by atoms with Gasteiger partial charge < -0.3 is 4.57 Å². The van der Waals surface area contributed by atoms with Crippen LogP contribution in [0.15, 0.2) is 12.1 Å². The van der Waals surface area contributed by atoms with E-state index in [4.69, 9.17) is 23.2 Å². The monoisotopic (exact) mass is 256 g/mol. The van der Waals surface area contributed by atoms with Crippen LogP contribution in [0.2, 0.25) is 10.6 Å². The lowest BCUT2D eigenvalue weighted by atomic mass is 10.3. The molecule has 16 heavy (non-hydrogen) atoms. The maximum Gasteiger partial charge on any atom is 0.227 e. The highest BCUT2D eigenvalue weighted by atomic mass is 35.5. The zero-order valence-corrected chi connectivity index (χ0v) is 10.4. The number of hydrogen-bond acceptors (Lipinski definition) is 3. The summed E-state index contributed by atoms with van der Waals surface area (Å²) >= 11 is 11.5. The van der Waals surface area contributed by atoms with Crippen molar-refractivity contribution in [2.45, 2.75) is 13.3 Å². The van der Waals surface area contributed by atoms with Crippen molar-refractivity contribution in [3.8, 4) is 11.5 Å². The third-order valence-electron chi connectivity index (χ3n) is 2.40. The molecule has 2 aromatic heterocycles. The number of nitrogens with zero attached hydrogens (tertiary/aromatic N) is 4. The van der Waals surface area contributed by atoms with E-state index in [9.17, 15) is 0 Å². The lowest BCUT2D eigenvalue weighted by Crippen LogP contribution is -2.01. The van der Waals surface area contributed by atoms with E-state index in [2.05, 4.69) is 21.9 Å². The van der Waals surface area contributed by atoms with Gasteiger partial charge in [0.05, 0.1) is 5.69 Å². The normalized spacial score (nSPS) is 10.8. The molecule has 0 radical (unpaired) electrons. The summed E-state index contributed by atoms with van der Waals surface area (Å²) in [5.74, 6) is 0.493. The van der Waals surface area contributed by atoms with E-state index < -0.39 is 0 Å². The predicted octanol–water partition coefficient (Wildman–Crippen LogP) is 2.75. The van der Waals surface area contributed by atoms with Gasteiger partial charge in [-0.2, -0.15) is 15.0 Å². The Morgan fingerprint density at radius 2 is 1.75 bits per heavy atom. The van der Waals surface area contributed by atoms with Crippen LogP contribution in [0.4, 0.5) is 0 Å². The van der Waals surface area contributed by atoms with E-state index in [1.807, 2.05) is 23.7 Å². The molecule has 0 aliphatic carbocycles. The Labute approximate surface area is 103 Å². The second kappa shape index (κ2) is 4.39. The van der Waals surface area contributed by atoms with Crippen molar-refractivity contribution < 1.29 is 0 Å². The van der Waals surface area contributed by atoms with Crippen LogP contribution < -0.4 is 0 Å². The van der Waals surface area contributed by atoms with Crippen LogP contribution in [0.5, 0.6) is 0 Å². The Hall–Kier alpha value is -1.13. The van der Waals surface area contributed by atoms with E-state index in [-0.39, 0.29) is 10.6 Å². The Bertz CT molecular complexity index is 501. The van der Waals surface area contributed by atoms with Crippen molar-refractivity contribution in [3.63, 3.8) is 0 Å². The molecule has 0 unspecified atom stereocenters. The summed E-state index contributed by atoms with van der Waals surface area (Å²) in [6, 6.07) is 3.97. The molecule has 0 spiro atoms. The van der Waals surface area contributed by atoms with Crippen LogP contribution in [0, 0.1) is 0 Å². The number of rotatable bonds is 2. The highest BCUT2D eigenvalue weighted by Gasteiger charge is 2.10. The van der Waals surface area contributed by atoms with Gasteiger partial charge in [0.2, 0.25) is 10.6 Å². The first-order valence-corrected chi connectivity index (χ1v) is 5.59. The van der Waals surface area contributed by atoms with Gasteiger partial charge >= 0.3 is 0 Å². The molecule has 0 amide bonds. The number of hydrogen-bond donors (Lipinski definition) is 0. The summed E-state index contributed by atoms with van der Waals surface area (Å²) in [5.41, 5.74) is 2.07. The molecule has 2 heterocycles. The van der Waals surface area contributed by atoms with Crippen molar-refractivity contribution in [1.82, 2.24) is 19.5 Å². The van der Waals surface area contributed by atoms with Crippen molar-refractivity contribution in [3.05, 3.63) is 28.4 Å². The van der Waals surface area contributed by atoms with E-state index in [0.29, 0.717) is 5.82 Å². The van der Waals surface area contributed by atoms with Gasteiger partial charge in [0.25, 0.3) is 0 Å². The topological polar surface area (TPSA) is 43.6 Å². The molecule has 0 fully saturated rings. The molecule has 0 saturated heterocycles. The fourth-order valence-corrected chi connectivity index (χ4v) is 1.94. The van der Waals surface area contributed by atoms with Gasteiger partial charge in [0.15, 0.2) is 5.82 Å². The SMILES string of the molecule is CCc1ccc(-c2nc(Cl)nc(Cl)n2)n1C. The third-order valence-corrected chi connectivity index (χ3v) is 2.74. The fraction of sp³-hybridized carbons (Fsp3) is 0.300. The van der Waals surface area contributed by atoms with E-state index in [1.54, 1.807) is 0 Å². The number of halogens is 2. The molecule has 0 N–H and O–H groups in total. The number of aromatic nitrogens is 4. The minimum absolute atomic E-state index is 0.106. The molecule has 0 atom stereocenters. The van der Waals surface area contributed by atoms with Gasteiger partial charge in [-0.15, -0.1) is 0 Å². The lowest BCUT2D eigenvalue weighted by molar-refractivity contribution is 0.835. The molecule has 4 nitrogen and oxygen atoms in total. The van der Waals surface area contributed by atoms with E-state index in [1.165, 1.54) is 5.69 Å². The second-order valence-electron chi connectivity index (χ2n) is 3.32. The molecule has 2 aromatic rings. The van der Waals surface area contributed by atoms with Crippen molar-refractivity contribution in [1.29, 1.82) is 0 Å². The summed E-state index contributed by atoms with van der Waals surface area (Å²) < 4.78 is 2.02. The Balaban J connectivity index is 2.54. The minimum Gasteiger partial charge on any atom is -0.345 e. The fourth-order valence-electron chi connectivity index (χ4n) is 1.57. The quantitative estimate of drug-likeness (QED) is 0.830. The highest BCUT2D eigenvalue weighted by Crippen LogP contribution is 2.20. The lowest BCUT2D eigenvalue weighted by Gasteiger charge is -2.05. The minimum atomic E-state index is 0.106. The molecule has 0 aliphatic heterocycles. The summed E-state index contributed by atoms with van der Waals surface area (Å²) in [4.78, 5) is 11.8. The number of aryl methyl sites for hydroxylation is 1. The van der Waals surface area contributed by atoms with Gasteiger partial charge in [0, 0.05) is 12.7 Å². The van der Waals surface area contributed by atoms with E-state index >= 15 is 0 Å². The average Bonchev–Trinajstić information content (AvgIpc) is 2.58. The second-order valence-corrected chi connectivity index (χ2v) is 4.00. The van der Waals surface area contributed by atoms with E-state index in [0.717, 1.165) is 12.1 Å². The van der Waals surface area contributed by atoms with Crippen LogP contribution in [0.25, 0.3) is 11.5 Å². The molecule has 0 aromatic carbocycles. The Morgan fingerprint density at radius 3 is 2.25 bits per heavy atom. The summed E-state index contributed by atoms with van der Waals surface area (Å²) in [6.45, 7) is 2.09. The summed E-state index contributed by atoms with van der Waals surface area (Å²) in [6.07, 6.45) is 0.947. The largest absolute Gasteiger partial charge is 0.345 e. The maximum atomic E-state index is 5.74. The van der Waals surface area contributed by atoms with Crippen LogP contribution in [0.3, 0.4) is 0 Å². The summed E-state index contributed by atoms with van der Waals surface area (Å²) in [5, 5.41) is 0.212. The first-order valence-electron chi connectivity index (χ1n) is 4.84. The molecule has 0 saturated carbocycles. The van der Waals surface area contributed by atoms with Crippen molar-refractivity contribution in [2.24, 2.45) is 7.05 Å². The van der Waals surface area contributed by atoms with Gasteiger partial charge in [-0.05, 0) is 41.8 Å². The molecule has 6 heteroatoms. The van der Waals surface area contributed by atoms with Crippen molar-refractivity contribution >= 4 is 23.2 Å². The zero-order valence-electron chi connectivity index (χ0n) is 8.91. The van der Waals surface area contributed by atoms with Crippen LogP contribution >= 0.6 is 23.2 Å².